The van der Waals surface area contributed by atoms with Crippen molar-refractivity contribution in [1.29, 1.82) is 0 Å². The zero-order chi connectivity index (χ0) is 17.0. The van der Waals surface area contributed by atoms with E-state index >= 15 is 0 Å². The number of aromatic nitrogens is 1. The number of hydrogen-bond donors (Lipinski definition) is 2. The maximum atomic E-state index is 9.68. The molecule has 0 bridgehead atoms. The fourth-order valence-corrected chi connectivity index (χ4v) is 3.14. The van der Waals surface area contributed by atoms with Crippen LogP contribution in [0.4, 0.5) is 0 Å². The summed E-state index contributed by atoms with van der Waals surface area (Å²) in [6, 6.07) is 5.57. The Morgan fingerprint density at radius 2 is 2.04 bits per heavy atom. The van der Waals surface area contributed by atoms with Crippen LogP contribution in [0.15, 0.2) is 23.6 Å². The van der Waals surface area contributed by atoms with Crippen LogP contribution in [-0.4, -0.2) is 45.9 Å². The standard InChI is InChI=1S/C17H24N2O3S/c1-11(2)19(8-12(3)20)9-14-10-23-17(18-14)13-5-6-15(21)16(7-13)22-4/h5-7,10-12,20-21H,8-9H2,1-4H3. The third kappa shape index (κ3) is 4.67. The molecule has 2 rings (SSSR count). The molecule has 0 amide bonds. The molecule has 2 N–H and O–H groups in total. The quantitative estimate of drug-likeness (QED) is 0.813. The molecule has 0 aliphatic carbocycles. The lowest BCUT2D eigenvalue weighted by atomic mass is 10.2. The number of phenols is 1. The van der Waals surface area contributed by atoms with Gasteiger partial charge in [-0.1, -0.05) is 0 Å². The van der Waals surface area contributed by atoms with Crippen molar-refractivity contribution in [2.45, 2.75) is 39.5 Å². The number of aliphatic hydroxyl groups is 1. The Hall–Kier alpha value is -1.63. The van der Waals surface area contributed by atoms with Gasteiger partial charge < -0.3 is 14.9 Å². The van der Waals surface area contributed by atoms with Crippen molar-refractivity contribution >= 4 is 11.3 Å². The smallest absolute Gasteiger partial charge is 0.161 e. The fourth-order valence-electron chi connectivity index (χ4n) is 2.33. The Morgan fingerprint density at radius 1 is 1.30 bits per heavy atom. The minimum Gasteiger partial charge on any atom is -0.504 e. The minimum absolute atomic E-state index is 0.121. The number of methoxy groups -OCH3 is 1. The first-order valence-electron chi connectivity index (χ1n) is 7.64. The minimum atomic E-state index is -0.364. The van der Waals surface area contributed by atoms with Crippen molar-refractivity contribution in [2.75, 3.05) is 13.7 Å². The molecule has 1 heterocycles. The Labute approximate surface area is 141 Å². The molecule has 2 aromatic rings. The Kier molecular flexibility index (Phi) is 5.98. The Morgan fingerprint density at radius 3 is 2.65 bits per heavy atom. The zero-order valence-corrected chi connectivity index (χ0v) is 14.8. The maximum Gasteiger partial charge on any atom is 0.161 e. The number of rotatable bonds is 7. The van der Waals surface area contributed by atoms with Crippen molar-refractivity contribution in [3.63, 3.8) is 0 Å². The van der Waals surface area contributed by atoms with E-state index in [-0.39, 0.29) is 11.9 Å². The van der Waals surface area contributed by atoms with Crippen LogP contribution in [0.3, 0.4) is 0 Å². The molecule has 1 aromatic carbocycles. The van der Waals surface area contributed by atoms with Gasteiger partial charge in [0.15, 0.2) is 11.5 Å². The van der Waals surface area contributed by atoms with Gasteiger partial charge >= 0.3 is 0 Å². The molecule has 0 radical (unpaired) electrons. The second-order valence-corrected chi connectivity index (χ2v) is 6.76. The van der Waals surface area contributed by atoms with Crippen LogP contribution in [0.1, 0.15) is 26.5 Å². The molecule has 0 aliphatic heterocycles. The molecule has 1 unspecified atom stereocenters. The highest BCUT2D eigenvalue weighted by Gasteiger charge is 2.15. The van der Waals surface area contributed by atoms with E-state index in [0.29, 0.717) is 24.9 Å². The molecule has 0 saturated carbocycles. The summed E-state index contributed by atoms with van der Waals surface area (Å²) in [4.78, 5) is 6.87. The number of phenolic OH excluding ortho intramolecular Hbond substituents is 1. The van der Waals surface area contributed by atoms with E-state index < -0.39 is 0 Å². The molecule has 6 heteroatoms. The summed E-state index contributed by atoms with van der Waals surface area (Å²) in [5.41, 5.74) is 1.90. The number of hydrogen-bond acceptors (Lipinski definition) is 6. The van der Waals surface area contributed by atoms with Crippen LogP contribution in [0.2, 0.25) is 0 Å². The average Bonchev–Trinajstić information content (AvgIpc) is 2.95. The zero-order valence-electron chi connectivity index (χ0n) is 14.0. The van der Waals surface area contributed by atoms with Crippen molar-refractivity contribution in [2.24, 2.45) is 0 Å². The van der Waals surface area contributed by atoms with Crippen LogP contribution in [0, 0.1) is 0 Å². The second-order valence-electron chi connectivity index (χ2n) is 5.90. The largest absolute Gasteiger partial charge is 0.504 e. The molecule has 0 fully saturated rings. The number of thiazole rings is 1. The highest BCUT2D eigenvalue weighted by atomic mass is 32.1. The Bertz CT molecular complexity index is 641. The van der Waals surface area contributed by atoms with Gasteiger partial charge in [0, 0.05) is 30.1 Å². The van der Waals surface area contributed by atoms with Crippen LogP contribution in [0.5, 0.6) is 11.5 Å². The molecule has 1 atom stereocenters. The van der Waals surface area contributed by atoms with Crippen molar-refractivity contribution < 1.29 is 14.9 Å². The van der Waals surface area contributed by atoms with E-state index in [1.807, 2.05) is 11.4 Å². The van der Waals surface area contributed by atoms with Crippen LogP contribution < -0.4 is 4.74 Å². The number of ether oxygens (including phenoxy) is 1. The first-order valence-corrected chi connectivity index (χ1v) is 8.52. The topological polar surface area (TPSA) is 65.8 Å². The second kappa shape index (κ2) is 7.77. The van der Waals surface area contributed by atoms with E-state index in [0.717, 1.165) is 16.3 Å². The summed E-state index contributed by atoms with van der Waals surface area (Å²) < 4.78 is 5.14. The third-order valence-corrected chi connectivity index (χ3v) is 4.51. The number of aliphatic hydroxyl groups excluding tert-OH is 1. The van der Waals surface area contributed by atoms with Gasteiger partial charge in [-0.05, 0) is 39.0 Å². The van der Waals surface area contributed by atoms with Crippen molar-refractivity contribution in [1.82, 2.24) is 9.88 Å². The van der Waals surface area contributed by atoms with Crippen molar-refractivity contribution in [3.8, 4) is 22.1 Å². The third-order valence-electron chi connectivity index (χ3n) is 3.57. The molecule has 23 heavy (non-hydrogen) atoms. The van der Waals surface area contributed by atoms with Gasteiger partial charge in [-0.3, -0.25) is 4.90 Å². The first kappa shape index (κ1) is 17.7. The van der Waals surface area contributed by atoms with E-state index in [1.54, 1.807) is 30.4 Å². The van der Waals surface area contributed by atoms with Crippen LogP contribution in [-0.2, 0) is 6.54 Å². The summed E-state index contributed by atoms with van der Waals surface area (Å²) in [5.74, 6) is 0.563. The predicted molar refractivity (Wildman–Crippen MR) is 93.0 cm³/mol. The summed E-state index contributed by atoms with van der Waals surface area (Å²) in [5, 5.41) is 22.2. The van der Waals surface area contributed by atoms with Gasteiger partial charge in [0.2, 0.25) is 0 Å². The summed E-state index contributed by atoms with van der Waals surface area (Å²) in [7, 11) is 1.53. The van der Waals surface area contributed by atoms with Gasteiger partial charge in [-0.25, -0.2) is 4.98 Å². The van der Waals surface area contributed by atoms with Gasteiger partial charge in [-0.15, -0.1) is 11.3 Å². The first-order chi connectivity index (χ1) is 10.9. The highest BCUT2D eigenvalue weighted by molar-refractivity contribution is 7.13. The van der Waals surface area contributed by atoms with Gasteiger partial charge in [0.05, 0.1) is 18.9 Å². The lowest BCUT2D eigenvalue weighted by molar-refractivity contribution is 0.102. The molecule has 126 valence electrons. The lowest BCUT2D eigenvalue weighted by Gasteiger charge is -2.26. The number of benzene rings is 1. The monoisotopic (exact) mass is 336 g/mol. The number of nitrogens with zero attached hydrogens (tertiary/aromatic N) is 2. The van der Waals surface area contributed by atoms with E-state index in [1.165, 1.54) is 7.11 Å². The SMILES string of the molecule is COc1cc(-c2nc(CN(CC(C)O)C(C)C)cs2)ccc1O. The molecule has 0 aliphatic rings. The normalized spacial score (nSPS) is 12.8. The van der Waals surface area contributed by atoms with Gasteiger partial charge in [0.1, 0.15) is 5.01 Å². The van der Waals surface area contributed by atoms with Crippen LogP contribution in [0.25, 0.3) is 10.6 Å². The van der Waals surface area contributed by atoms with Gasteiger partial charge in [-0.2, -0.15) is 0 Å². The summed E-state index contributed by atoms with van der Waals surface area (Å²) >= 11 is 1.56. The van der Waals surface area contributed by atoms with E-state index in [4.69, 9.17) is 4.74 Å². The van der Waals surface area contributed by atoms with Crippen molar-refractivity contribution in [3.05, 3.63) is 29.3 Å². The maximum absolute atomic E-state index is 9.68. The van der Waals surface area contributed by atoms with Gasteiger partial charge in [0.25, 0.3) is 0 Å². The molecule has 5 nitrogen and oxygen atoms in total. The number of aromatic hydroxyl groups is 1. The summed E-state index contributed by atoms with van der Waals surface area (Å²) in [6.07, 6.45) is -0.364. The predicted octanol–water partition coefficient (Wildman–Crippen LogP) is 3.12. The summed E-state index contributed by atoms with van der Waals surface area (Å²) in [6.45, 7) is 7.34. The average molecular weight is 336 g/mol. The Balaban J connectivity index is 2.16. The van der Waals surface area contributed by atoms with Crippen LogP contribution >= 0.6 is 11.3 Å². The molecule has 1 aromatic heterocycles. The van der Waals surface area contributed by atoms with E-state index in [9.17, 15) is 10.2 Å². The van der Waals surface area contributed by atoms with E-state index in [2.05, 4.69) is 23.7 Å². The molecular weight excluding hydrogens is 312 g/mol. The molecule has 0 spiro atoms. The molecular formula is C17H24N2O3S. The highest BCUT2D eigenvalue weighted by Crippen LogP contribution is 2.33. The lowest BCUT2D eigenvalue weighted by Crippen LogP contribution is -2.36. The molecule has 0 saturated heterocycles. The fraction of sp³-hybridized carbons (Fsp3) is 0.471.